The smallest absolute Gasteiger partial charge is 0.243 e. The molecule has 1 fully saturated rings. The monoisotopic (exact) mass is 349 g/mol. The minimum Gasteiger partial charge on any atom is -0.349 e. The first-order valence-electron chi connectivity index (χ1n) is 8.58. The first kappa shape index (κ1) is 16.3. The number of benzene rings is 2. The van der Waals surface area contributed by atoms with Crippen LogP contribution < -0.4 is 5.32 Å². The predicted molar refractivity (Wildman–Crippen MR) is 95.9 cm³/mol. The van der Waals surface area contributed by atoms with E-state index in [1.807, 2.05) is 54.6 Å². The highest BCUT2D eigenvalue weighted by atomic mass is 16.2. The molecule has 2 heterocycles. The van der Waals surface area contributed by atoms with Gasteiger partial charge in [-0.2, -0.15) is 15.0 Å². The lowest BCUT2D eigenvalue weighted by molar-refractivity contribution is -0.128. The Kier molecular flexibility index (Phi) is 4.35. The van der Waals surface area contributed by atoms with Gasteiger partial charge in [-0.05, 0) is 17.7 Å². The Morgan fingerprint density at radius 1 is 1.04 bits per heavy atom. The van der Waals surface area contributed by atoms with Crippen molar-refractivity contribution in [3.8, 4) is 0 Å². The SMILES string of the molecule is O=C(Cn1nc2ccccc2n1)N[C@@H]1CC(=O)N(Cc2ccccc2)C1. The molecular formula is C19H19N5O2. The van der Waals surface area contributed by atoms with Gasteiger partial charge in [-0.3, -0.25) is 9.59 Å². The fourth-order valence-electron chi connectivity index (χ4n) is 3.20. The second kappa shape index (κ2) is 6.95. The van der Waals surface area contributed by atoms with E-state index in [1.165, 1.54) is 4.80 Å². The van der Waals surface area contributed by atoms with E-state index in [4.69, 9.17) is 0 Å². The summed E-state index contributed by atoms with van der Waals surface area (Å²) in [6.07, 6.45) is 0.326. The summed E-state index contributed by atoms with van der Waals surface area (Å²) in [5.74, 6) is -0.133. The molecule has 0 unspecified atom stereocenters. The van der Waals surface area contributed by atoms with Crippen LogP contribution in [0.3, 0.4) is 0 Å². The van der Waals surface area contributed by atoms with E-state index in [9.17, 15) is 9.59 Å². The molecule has 4 rings (SSSR count). The summed E-state index contributed by atoms with van der Waals surface area (Å²) in [6.45, 7) is 1.13. The number of hydrogen-bond donors (Lipinski definition) is 1. The zero-order chi connectivity index (χ0) is 17.9. The van der Waals surface area contributed by atoms with Gasteiger partial charge in [-0.15, -0.1) is 0 Å². The number of nitrogens with zero attached hydrogens (tertiary/aromatic N) is 4. The lowest BCUT2D eigenvalue weighted by atomic mass is 10.2. The number of carbonyl (C=O) groups excluding carboxylic acids is 2. The molecule has 0 spiro atoms. The van der Waals surface area contributed by atoms with E-state index in [0.717, 1.165) is 16.6 Å². The van der Waals surface area contributed by atoms with Crippen LogP contribution in [0.5, 0.6) is 0 Å². The topological polar surface area (TPSA) is 80.1 Å². The molecule has 2 aromatic carbocycles. The van der Waals surface area contributed by atoms with Crippen LogP contribution in [0.25, 0.3) is 11.0 Å². The van der Waals surface area contributed by atoms with E-state index in [1.54, 1.807) is 4.90 Å². The fraction of sp³-hybridized carbons (Fsp3) is 0.263. The van der Waals surface area contributed by atoms with Crippen LogP contribution in [-0.4, -0.2) is 44.3 Å². The van der Waals surface area contributed by atoms with Crippen molar-refractivity contribution in [3.63, 3.8) is 0 Å². The number of aromatic nitrogens is 3. The molecule has 3 aromatic rings. The summed E-state index contributed by atoms with van der Waals surface area (Å²) in [5.41, 5.74) is 2.59. The van der Waals surface area contributed by atoms with E-state index in [2.05, 4.69) is 15.5 Å². The third-order valence-corrected chi connectivity index (χ3v) is 4.41. The van der Waals surface area contributed by atoms with Crippen molar-refractivity contribution >= 4 is 22.8 Å². The maximum atomic E-state index is 12.3. The molecule has 7 heteroatoms. The molecule has 1 aromatic heterocycles. The summed E-state index contributed by atoms with van der Waals surface area (Å²) in [6, 6.07) is 17.1. The second-order valence-electron chi connectivity index (χ2n) is 6.45. The normalized spacial score (nSPS) is 17.0. The van der Waals surface area contributed by atoms with Crippen molar-refractivity contribution < 1.29 is 9.59 Å². The van der Waals surface area contributed by atoms with Crippen LogP contribution in [0.4, 0.5) is 0 Å². The first-order valence-corrected chi connectivity index (χ1v) is 8.58. The molecule has 1 aliphatic heterocycles. The molecule has 1 N–H and O–H groups in total. The van der Waals surface area contributed by atoms with Crippen molar-refractivity contribution in [2.75, 3.05) is 6.54 Å². The van der Waals surface area contributed by atoms with Crippen LogP contribution in [0.1, 0.15) is 12.0 Å². The molecule has 1 saturated heterocycles. The van der Waals surface area contributed by atoms with E-state index >= 15 is 0 Å². The third-order valence-electron chi connectivity index (χ3n) is 4.41. The summed E-state index contributed by atoms with van der Waals surface area (Å²) in [4.78, 5) is 27.6. The van der Waals surface area contributed by atoms with Gasteiger partial charge in [0.1, 0.15) is 17.6 Å². The minimum atomic E-state index is -0.190. The van der Waals surface area contributed by atoms with Crippen LogP contribution in [0.2, 0.25) is 0 Å². The lowest BCUT2D eigenvalue weighted by Crippen LogP contribution is -2.39. The molecular weight excluding hydrogens is 330 g/mol. The number of hydrogen-bond acceptors (Lipinski definition) is 4. The highest BCUT2D eigenvalue weighted by Gasteiger charge is 2.30. The van der Waals surface area contributed by atoms with Crippen molar-refractivity contribution in [2.45, 2.75) is 25.6 Å². The number of rotatable bonds is 5. The van der Waals surface area contributed by atoms with Crippen LogP contribution in [-0.2, 0) is 22.7 Å². The van der Waals surface area contributed by atoms with Crippen LogP contribution in [0.15, 0.2) is 54.6 Å². The van der Waals surface area contributed by atoms with Crippen LogP contribution in [0, 0.1) is 0 Å². The van der Waals surface area contributed by atoms with Crippen molar-refractivity contribution in [2.24, 2.45) is 0 Å². The average Bonchev–Trinajstić information content (AvgIpc) is 3.18. The van der Waals surface area contributed by atoms with E-state index in [0.29, 0.717) is 19.5 Å². The zero-order valence-electron chi connectivity index (χ0n) is 14.2. The summed E-state index contributed by atoms with van der Waals surface area (Å²) < 4.78 is 0. The highest BCUT2D eigenvalue weighted by molar-refractivity contribution is 5.82. The standard InChI is InChI=1S/C19H19N5O2/c25-18(13-24-21-16-8-4-5-9-17(16)22-24)20-15-10-19(26)23(12-15)11-14-6-2-1-3-7-14/h1-9,15H,10-13H2,(H,20,25)/t15-/m1/s1. The van der Waals surface area contributed by atoms with E-state index < -0.39 is 0 Å². The van der Waals surface area contributed by atoms with Gasteiger partial charge in [0.15, 0.2) is 0 Å². The summed E-state index contributed by atoms with van der Waals surface area (Å²) in [7, 11) is 0. The van der Waals surface area contributed by atoms with Gasteiger partial charge in [-0.1, -0.05) is 42.5 Å². The Morgan fingerprint density at radius 2 is 1.69 bits per heavy atom. The first-order chi connectivity index (χ1) is 12.7. The predicted octanol–water partition coefficient (Wildman–Crippen LogP) is 1.35. The van der Waals surface area contributed by atoms with Gasteiger partial charge in [0.2, 0.25) is 11.8 Å². The van der Waals surface area contributed by atoms with Gasteiger partial charge in [0, 0.05) is 19.5 Å². The number of likely N-dealkylation sites (tertiary alicyclic amines) is 1. The Balaban J connectivity index is 1.34. The Bertz CT molecular complexity index is 904. The Hall–Kier alpha value is -3.22. The molecule has 0 bridgehead atoms. The summed E-state index contributed by atoms with van der Waals surface area (Å²) >= 11 is 0. The molecule has 2 amide bonds. The minimum absolute atomic E-state index is 0.0397. The number of fused-ring (bicyclic) bond motifs is 1. The maximum absolute atomic E-state index is 12.3. The second-order valence-corrected chi connectivity index (χ2v) is 6.45. The third kappa shape index (κ3) is 3.56. The Labute approximate surface area is 150 Å². The number of amides is 2. The largest absolute Gasteiger partial charge is 0.349 e. The van der Waals surface area contributed by atoms with Gasteiger partial charge < -0.3 is 10.2 Å². The molecule has 0 radical (unpaired) electrons. The average molecular weight is 349 g/mol. The maximum Gasteiger partial charge on any atom is 0.243 e. The number of nitrogens with one attached hydrogen (secondary N) is 1. The quantitative estimate of drug-likeness (QED) is 0.754. The zero-order valence-corrected chi connectivity index (χ0v) is 14.2. The molecule has 7 nitrogen and oxygen atoms in total. The van der Waals surface area contributed by atoms with E-state index in [-0.39, 0.29) is 24.4 Å². The van der Waals surface area contributed by atoms with Gasteiger partial charge in [0.05, 0.1) is 6.04 Å². The Morgan fingerprint density at radius 3 is 2.38 bits per heavy atom. The van der Waals surface area contributed by atoms with Gasteiger partial charge >= 0.3 is 0 Å². The molecule has 26 heavy (non-hydrogen) atoms. The fourth-order valence-corrected chi connectivity index (χ4v) is 3.20. The highest BCUT2D eigenvalue weighted by Crippen LogP contribution is 2.15. The molecule has 0 aliphatic carbocycles. The molecule has 0 saturated carbocycles. The molecule has 1 atom stereocenters. The van der Waals surface area contributed by atoms with Gasteiger partial charge in [0.25, 0.3) is 0 Å². The van der Waals surface area contributed by atoms with Crippen molar-refractivity contribution in [1.82, 2.24) is 25.2 Å². The summed E-state index contributed by atoms with van der Waals surface area (Å²) in [5, 5.41) is 11.5. The van der Waals surface area contributed by atoms with Crippen LogP contribution >= 0.6 is 0 Å². The lowest BCUT2D eigenvalue weighted by Gasteiger charge is -2.17. The molecule has 1 aliphatic rings. The van der Waals surface area contributed by atoms with Crippen molar-refractivity contribution in [1.29, 1.82) is 0 Å². The number of carbonyl (C=O) groups is 2. The van der Waals surface area contributed by atoms with Gasteiger partial charge in [-0.25, -0.2) is 0 Å². The molecule has 132 valence electrons. The van der Waals surface area contributed by atoms with Crippen molar-refractivity contribution in [3.05, 3.63) is 60.2 Å².